The highest BCUT2D eigenvalue weighted by atomic mass is 19.1. The molecule has 92 valence electrons. The van der Waals surface area contributed by atoms with E-state index in [1.165, 1.54) is 6.07 Å². The van der Waals surface area contributed by atoms with Crippen molar-refractivity contribution in [1.82, 2.24) is 10.6 Å². The van der Waals surface area contributed by atoms with Crippen molar-refractivity contribution in [2.45, 2.75) is 31.8 Å². The van der Waals surface area contributed by atoms with Crippen molar-refractivity contribution in [3.8, 4) is 0 Å². The first-order valence-corrected chi connectivity index (χ1v) is 5.94. The number of amides is 1. The highest BCUT2D eigenvalue weighted by Crippen LogP contribution is 2.17. The fourth-order valence-corrected chi connectivity index (χ4v) is 2.14. The summed E-state index contributed by atoms with van der Waals surface area (Å²) in [6.07, 6.45) is 1.35. The van der Waals surface area contributed by atoms with E-state index in [1.807, 2.05) is 13.0 Å². The Balaban J connectivity index is 1.95. The molecule has 3 nitrogen and oxygen atoms in total. The van der Waals surface area contributed by atoms with Gasteiger partial charge in [0, 0.05) is 30.6 Å². The van der Waals surface area contributed by atoms with E-state index in [0.29, 0.717) is 18.5 Å². The summed E-state index contributed by atoms with van der Waals surface area (Å²) < 4.78 is 13.5. The summed E-state index contributed by atoms with van der Waals surface area (Å²) in [5.74, 6) is -0.0889. The molecule has 1 aliphatic heterocycles. The van der Waals surface area contributed by atoms with Crippen LogP contribution in [0, 0.1) is 5.82 Å². The molecule has 1 aliphatic rings. The lowest BCUT2D eigenvalue weighted by atomic mass is 10.0. The molecule has 1 aromatic rings. The largest absolute Gasteiger partial charge is 0.355 e. The van der Waals surface area contributed by atoms with E-state index in [1.54, 1.807) is 12.1 Å². The van der Waals surface area contributed by atoms with Crippen LogP contribution in [0.5, 0.6) is 0 Å². The maximum atomic E-state index is 13.5. The molecule has 2 N–H and O–H groups in total. The predicted molar refractivity (Wildman–Crippen MR) is 64.0 cm³/mol. The Labute approximate surface area is 100 Å². The number of hydrogen-bond donors (Lipinski definition) is 2. The maximum Gasteiger partial charge on any atom is 0.220 e. The molecule has 1 saturated heterocycles. The van der Waals surface area contributed by atoms with Crippen molar-refractivity contribution >= 4 is 5.91 Å². The number of rotatable bonds is 3. The molecular formula is C13H17FN2O. The van der Waals surface area contributed by atoms with Crippen LogP contribution in [0.2, 0.25) is 0 Å². The summed E-state index contributed by atoms with van der Waals surface area (Å²) in [4.78, 5) is 11.0. The first kappa shape index (κ1) is 12.0. The molecule has 1 aromatic carbocycles. The van der Waals surface area contributed by atoms with E-state index in [9.17, 15) is 9.18 Å². The van der Waals surface area contributed by atoms with Crippen molar-refractivity contribution in [2.24, 2.45) is 0 Å². The molecule has 0 aliphatic carbocycles. The summed E-state index contributed by atoms with van der Waals surface area (Å²) in [7, 11) is 0. The van der Waals surface area contributed by atoms with Gasteiger partial charge in [0.25, 0.3) is 0 Å². The van der Waals surface area contributed by atoms with Gasteiger partial charge in [0.1, 0.15) is 5.82 Å². The minimum absolute atomic E-state index is 0.0452. The predicted octanol–water partition coefficient (Wildman–Crippen LogP) is 1.75. The Kier molecular flexibility index (Phi) is 3.74. The number of halogens is 1. The molecule has 0 bridgehead atoms. The fraction of sp³-hybridized carbons (Fsp3) is 0.462. The van der Waals surface area contributed by atoms with Gasteiger partial charge in [-0.3, -0.25) is 4.79 Å². The monoisotopic (exact) mass is 236 g/mol. The summed E-state index contributed by atoms with van der Waals surface area (Å²) in [5.41, 5.74) is 0.671. The van der Waals surface area contributed by atoms with Crippen molar-refractivity contribution in [3.63, 3.8) is 0 Å². The van der Waals surface area contributed by atoms with Gasteiger partial charge in [-0.15, -0.1) is 0 Å². The lowest BCUT2D eigenvalue weighted by Gasteiger charge is -2.27. The number of carbonyl (C=O) groups is 1. The third-order valence-electron chi connectivity index (χ3n) is 3.12. The topological polar surface area (TPSA) is 41.1 Å². The van der Waals surface area contributed by atoms with Gasteiger partial charge in [-0.05, 0) is 19.4 Å². The van der Waals surface area contributed by atoms with Gasteiger partial charge in [-0.1, -0.05) is 18.2 Å². The van der Waals surface area contributed by atoms with Gasteiger partial charge in [0.2, 0.25) is 5.91 Å². The van der Waals surface area contributed by atoms with E-state index < -0.39 is 0 Å². The third kappa shape index (κ3) is 3.03. The molecule has 17 heavy (non-hydrogen) atoms. The first-order chi connectivity index (χ1) is 8.16. The highest BCUT2D eigenvalue weighted by Gasteiger charge is 2.20. The summed E-state index contributed by atoms with van der Waals surface area (Å²) in [6.45, 7) is 2.56. The molecule has 1 fully saturated rings. The quantitative estimate of drug-likeness (QED) is 0.839. The zero-order chi connectivity index (χ0) is 12.3. The minimum Gasteiger partial charge on any atom is -0.355 e. The van der Waals surface area contributed by atoms with E-state index >= 15 is 0 Å². The van der Waals surface area contributed by atoms with Crippen LogP contribution in [-0.4, -0.2) is 18.5 Å². The van der Waals surface area contributed by atoms with Crippen LogP contribution in [0.4, 0.5) is 4.39 Å². The zero-order valence-electron chi connectivity index (χ0n) is 9.87. The Bertz CT molecular complexity index is 398. The number of carbonyl (C=O) groups excluding carboxylic acids is 1. The van der Waals surface area contributed by atoms with Crippen LogP contribution < -0.4 is 10.6 Å². The second kappa shape index (κ2) is 5.27. The van der Waals surface area contributed by atoms with Crippen LogP contribution in [0.3, 0.4) is 0 Å². The lowest BCUT2D eigenvalue weighted by molar-refractivity contribution is -0.122. The second-order valence-corrected chi connectivity index (χ2v) is 4.45. The zero-order valence-corrected chi connectivity index (χ0v) is 9.87. The Morgan fingerprint density at radius 3 is 2.88 bits per heavy atom. The molecular weight excluding hydrogens is 219 g/mol. The number of benzene rings is 1. The van der Waals surface area contributed by atoms with Crippen molar-refractivity contribution in [3.05, 3.63) is 35.6 Å². The molecule has 0 spiro atoms. The molecule has 1 heterocycles. The normalized spacial score (nSPS) is 22.0. The summed E-state index contributed by atoms with van der Waals surface area (Å²) in [6, 6.07) is 6.95. The first-order valence-electron chi connectivity index (χ1n) is 5.94. The molecule has 2 rings (SSSR count). The second-order valence-electron chi connectivity index (χ2n) is 4.45. The van der Waals surface area contributed by atoms with Gasteiger partial charge in [-0.25, -0.2) is 4.39 Å². The maximum absolute atomic E-state index is 13.5. The van der Waals surface area contributed by atoms with E-state index in [0.717, 1.165) is 6.42 Å². The lowest BCUT2D eigenvalue weighted by Crippen LogP contribution is -2.46. The third-order valence-corrected chi connectivity index (χ3v) is 3.12. The van der Waals surface area contributed by atoms with Crippen LogP contribution in [0.1, 0.15) is 31.4 Å². The standard InChI is InChI=1S/C13H17FN2O/c1-9(11-4-2-3-5-12(11)14)16-10-6-7-13(17)15-8-10/h2-5,9-10,16H,6-8H2,1H3,(H,15,17). The van der Waals surface area contributed by atoms with Crippen molar-refractivity contribution in [2.75, 3.05) is 6.54 Å². The average molecular weight is 236 g/mol. The smallest absolute Gasteiger partial charge is 0.220 e. The van der Waals surface area contributed by atoms with Crippen molar-refractivity contribution in [1.29, 1.82) is 0 Å². The Hall–Kier alpha value is -1.42. The van der Waals surface area contributed by atoms with Gasteiger partial charge in [0.05, 0.1) is 0 Å². The van der Waals surface area contributed by atoms with Crippen LogP contribution in [0.15, 0.2) is 24.3 Å². The summed E-state index contributed by atoms with van der Waals surface area (Å²) in [5, 5.41) is 6.15. The van der Waals surface area contributed by atoms with Crippen LogP contribution in [-0.2, 0) is 4.79 Å². The number of piperidine rings is 1. The van der Waals surface area contributed by atoms with Crippen molar-refractivity contribution < 1.29 is 9.18 Å². The van der Waals surface area contributed by atoms with E-state index in [2.05, 4.69) is 10.6 Å². The van der Waals surface area contributed by atoms with Crippen LogP contribution >= 0.6 is 0 Å². The molecule has 2 unspecified atom stereocenters. The highest BCUT2D eigenvalue weighted by molar-refractivity contribution is 5.76. The molecule has 1 amide bonds. The molecule has 0 saturated carbocycles. The minimum atomic E-state index is -0.188. The molecule has 2 atom stereocenters. The molecule has 4 heteroatoms. The Morgan fingerprint density at radius 2 is 2.24 bits per heavy atom. The number of nitrogens with one attached hydrogen (secondary N) is 2. The SMILES string of the molecule is CC(NC1CCC(=O)NC1)c1ccccc1F. The summed E-state index contributed by atoms with van der Waals surface area (Å²) >= 11 is 0. The Morgan fingerprint density at radius 1 is 1.47 bits per heavy atom. The van der Waals surface area contributed by atoms with E-state index in [4.69, 9.17) is 0 Å². The molecule has 0 radical (unpaired) electrons. The number of hydrogen-bond acceptors (Lipinski definition) is 2. The van der Waals surface area contributed by atoms with Crippen LogP contribution in [0.25, 0.3) is 0 Å². The fourth-order valence-electron chi connectivity index (χ4n) is 2.14. The van der Waals surface area contributed by atoms with Gasteiger partial charge < -0.3 is 10.6 Å². The van der Waals surface area contributed by atoms with E-state index in [-0.39, 0.29) is 23.8 Å². The van der Waals surface area contributed by atoms with Gasteiger partial charge in [-0.2, -0.15) is 0 Å². The van der Waals surface area contributed by atoms with Gasteiger partial charge in [0.15, 0.2) is 0 Å². The average Bonchev–Trinajstić information content (AvgIpc) is 2.32. The van der Waals surface area contributed by atoms with Gasteiger partial charge >= 0.3 is 0 Å². The molecule has 0 aromatic heterocycles.